The van der Waals surface area contributed by atoms with Gasteiger partial charge in [-0.2, -0.15) is 0 Å². The molecule has 1 aromatic heterocycles. The lowest BCUT2D eigenvalue weighted by atomic mass is 10.1. The van der Waals surface area contributed by atoms with Gasteiger partial charge in [0.2, 0.25) is 5.95 Å². The molecular weight excluding hydrogens is 224 g/mol. The number of rotatable bonds is 5. The minimum atomic E-state index is 0.681. The number of nitrogens with one attached hydrogen (secondary N) is 1. The van der Waals surface area contributed by atoms with Crippen molar-refractivity contribution >= 4 is 5.95 Å². The zero-order chi connectivity index (χ0) is 12.4. The summed E-state index contributed by atoms with van der Waals surface area (Å²) in [5.74, 6) is 1.08. The Labute approximate surface area is 109 Å². The number of aryl methyl sites for hydroxylation is 1. The van der Waals surface area contributed by atoms with Crippen molar-refractivity contribution in [1.29, 1.82) is 0 Å². The SMILES string of the molecule is Cc1cn(CCN2CCCCC2)c(NC2CC2)n1. The summed E-state index contributed by atoms with van der Waals surface area (Å²) >= 11 is 0. The standard InChI is InChI=1S/C14H24N4/c1-12-11-18(14(15-12)16-13-5-6-13)10-9-17-7-3-2-4-8-17/h11,13H,2-10H2,1H3,(H,15,16). The van der Waals surface area contributed by atoms with Gasteiger partial charge in [-0.05, 0) is 45.7 Å². The predicted molar refractivity (Wildman–Crippen MR) is 73.9 cm³/mol. The zero-order valence-electron chi connectivity index (χ0n) is 11.4. The summed E-state index contributed by atoms with van der Waals surface area (Å²) in [6.45, 7) is 6.86. The molecule has 4 nitrogen and oxygen atoms in total. The van der Waals surface area contributed by atoms with Crippen LogP contribution in [0, 0.1) is 6.92 Å². The van der Waals surface area contributed by atoms with Crippen LogP contribution in [0.2, 0.25) is 0 Å². The van der Waals surface area contributed by atoms with Gasteiger partial charge in [-0.15, -0.1) is 0 Å². The Morgan fingerprint density at radius 3 is 2.72 bits per heavy atom. The van der Waals surface area contributed by atoms with Gasteiger partial charge in [0.1, 0.15) is 0 Å². The molecule has 0 unspecified atom stereocenters. The van der Waals surface area contributed by atoms with Crippen molar-refractivity contribution < 1.29 is 0 Å². The highest BCUT2D eigenvalue weighted by Gasteiger charge is 2.23. The van der Waals surface area contributed by atoms with Crippen molar-refractivity contribution in [3.63, 3.8) is 0 Å². The molecule has 1 aromatic rings. The Hall–Kier alpha value is -1.03. The fourth-order valence-electron chi connectivity index (χ4n) is 2.67. The number of nitrogens with zero attached hydrogens (tertiary/aromatic N) is 3. The summed E-state index contributed by atoms with van der Waals surface area (Å²) in [6, 6.07) is 0.681. The number of anilines is 1. The Morgan fingerprint density at radius 2 is 2.00 bits per heavy atom. The Balaban J connectivity index is 1.56. The van der Waals surface area contributed by atoms with Gasteiger partial charge in [-0.25, -0.2) is 4.98 Å². The van der Waals surface area contributed by atoms with Crippen molar-refractivity contribution in [2.24, 2.45) is 0 Å². The third kappa shape index (κ3) is 3.05. The van der Waals surface area contributed by atoms with Gasteiger partial charge < -0.3 is 14.8 Å². The van der Waals surface area contributed by atoms with E-state index in [1.165, 1.54) is 45.2 Å². The predicted octanol–water partition coefficient (Wildman–Crippen LogP) is 2.25. The lowest BCUT2D eigenvalue weighted by Crippen LogP contribution is -2.32. The van der Waals surface area contributed by atoms with Crippen LogP contribution < -0.4 is 5.32 Å². The van der Waals surface area contributed by atoms with Crippen LogP contribution in [0.3, 0.4) is 0 Å². The first-order chi connectivity index (χ1) is 8.81. The maximum absolute atomic E-state index is 4.59. The molecular formula is C14H24N4. The molecule has 2 heterocycles. The summed E-state index contributed by atoms with van der Waals surface area (Å²) < 4.78 is 2.29. The highest BCUT2D eigenvalue weighted by molar-refractivity contribution is 5.32. The number of likely N-dealkylation sites (tertiary alicyclic amines) is 1. The lowest BCUT2D eigenvalue weighted by molar-refractivity contribution is 0.221. The molecule has 0 atom stereocenters. The molecule has 1 N–H and O–H groups in total. The third-order valence-electron chi connectivity index (χ3n) is 3.91. The van der Waals surface area contributed by atoms with Gasteiger partial charge in [0.05, 0.1) is 5.69 Å². The average molecular weight is 248 g/mol. The van der Waals surface area contributed by atoms with Crippen LogP contribution in [0.15, 0.2) is 6.20 Å². The largest absolute Gasteiger partial charge is 0.353 e. The van der Waals surface area contributed by atoms with E-state index in [0.29, 0.717) is 6.04 Å². The Bertz CT molecular complexity index is 388. The van der Waals surface area contributed by atoms with Crippen LogP contribution in [-0.4, -0.2) is 40.1 Å². The molecule has 2 fully saturated rings. The molecule has 0 aromatic carbocycles. The second-order valence-electron chi connectivity index (χ2n) is 5.72. The highest BCUT2D eigenvalue weighted by Crippen LogP contribution is 2.24. The van der Waals surface area contributed by atoms with E-state index in [-0.39, 0.29) is 0 Å². The molecule has 2 aliphatic rings. The first-order valence-corrected chi connectivity index (χ1v) is 7.34. The molecule has 0 bridgehead atoms. The topological polar surface area (TPSA) is 33.1 Å². The quantitative estimate of drug-likeness (QED) is 0.867. The first kappa shape index (κ1) is 12.0. The van der Waals surface area contributed by atoms with E-state index in [2.05, 4.69) is 32.9 Å². The summed E-state index contributed by atoms with van der Waals surface area (Å²) in [6.07, 6.45) is 8.94. The van der Waals surface area contributed by atoms with Crippen LogP contribution >= 0.6 is 0 Å². The van der Waals surface area contributed by atoms with Gasteiger partial charge in [-0.1, -0.05) is 6.42 Å². The minimum Gasteiger partial charge on any atom is -0.353 e. The van der Waals surface area contributed by atoms with E-state index in [4.69, 9.17) is 0 Å². The maximum Gasteiger partial charge on any atom is 0.203 e. The lowest BCUT2D eigenvalue weighted by Gasteiger charge is -2.26. The Kier molecular flexibility index (Phi) is 3.55. The summed E-state index contributed by atoms with van der Waals surface area (Å²) in [5.41, 5.74) is 1.12. The molecule has 100 valence electrons. The fourth-order valence-corrected chi connectivity index (χ4v) is 2.67. The normalized spacial score (nSPS) is 21.2. The maximum atomic E-state index is 4.59. The number of imidazole rings is 1. The van der Waals surface area contributed by atoms with E-state index in [0.717, 1.165) is 24.7 Å². The highest BCUT2D eigenvalue weighted by atomic mass is 15.2. The molecule has 1 aliphatic carbocycles. The average Bonchev–Trinajstić information content (AvgIpc) is 3.12. The van der Waals surface area contributed by atoms with Gasteiger partial charge in [0.15, 0.2) is 0 Å². The minimum absolute atomic E-state index is 0.681. The van der Waals surface area contributed by atoms with Crippen LogP contribution in [0.25, 0.3) is 0 Å². The van der Waals surface area contributed by atoms with Crippen LogP contribution in [-0.2, 0) is 6.54 Å². The Morgan fingerprint density at radius 1 is 1.22 bits per heavy atom. The van der Waals surface area contributed by atoms with E-state index < -0.39 is 0 Å². The summed E-state index contributed by atoms with van der Waals surface area (Å²) in [7, 11) is 0. The first-order valence-electron chi connectivity index (χ1n) is 7.34. The van der Waals surface area contributed by atoms with Crippen molar-refractivity contribution in [2.45, 2.75) is 51.6 Å². The van der Waals surface area contributed by atoms with Gasteiger partial charge in [0, 0.05) is 25.3 Å². The number of hydrogen-bond acceptors (Lipinski definition) is 3. The van der Waals surface area contributed by atoms with Crippen LogP contribution in [0.1, 0.15) is 37.8 Å². The fraction of sp³-hybridized carbons (Fsp3) is 0.786. The molecule has 3 rings (SSSR count). The van der Waals surface area contributed by atoms with Crippen molar-refractivity contribution in [2.75, 3.05) is 25.0 Å². The number of piperidine rings is 1. The molecule has 1 saturated carbocycles. The molecule has 1 saturated heterocycles. The van der Waals surface area contributed by atoms with E-state index >= 15 is 0 Å². The summed E-state index contributed by atoms with van der Waals surface area (Å²) in [5, 5.41) is 3.53. The van der Waals surface area contributed by atoms with Crippen molar-refractivity contribution in [3.8, 4) is 0 Å². The molecule has 0 amide bonds. The van der Waals surface area contributed by atoms with Crippen LogP contribution in [0.4, 0.5) is 5.95 Å². The molecule has 4 heteroatoms. The smallest absolute Gasteiger partial charge is 0.203 e. The van der Waals surface area contributed by atoms with E-state index in [1.54, 1.807) is 0 Å². The molecule has 1 aliphatic heterocycles. The molecule has 0 radical (unpaired) electrons. The van der Waals surface area contributed by atoms with Gasteiger partial charge >= 0.3 is 0 Å². The zero-order valence-corrected chi connectivity index (χ0v) is 11.4. The molecule has 18 heavy (non-hydrogen) atoms. The monoisotopic (exact) mass is 248 g/mol. The third-order valence-corrected chi connectivity index (χ3v) is 3.91. The van der Waals surface area contributed by atoms with Crippen LogP contribution in [0.5, 0.6) is 0 Å². The van der Waals surface area contributed by atoms with Crippen molar-refractivity contribution in [1.82, 2.24) is 14.5 Å². The van der Waals surface area contributed by atoms with Gasteiger partial charge in [0.25, 0.3) is 0 Å². The number of hydrogen-bond donors (Lipinski definition) is 1. The van der Waals surface area contributed by atoms with Gasteiger partial charge in [-0.3, -0.25) is 0 Å². The van der Waals surface area contributed by atoms with Crippen molar-refractivity contribution in [3.05, 3.63) is 11.9 Å². The second kappa shape index (κ2) is 5.31. The second-order valence-corrected chi connectivity index (χ2v) is 5.72. The number of aromatic nitrogens is 2. The van der Waals surface area contributed by atoms with E-state index in [9.17, 15) is 0 Å². The molecule has 0 spiro atoms. The van der Waals surface area contributed by atoms with E-state index in [1.807, 2.05) is 0 Å². The summed E-state index contributed by atoms with van der Waals surface area (Å²) in [4.78, 5) is 7.17.